The summed E-state index contributed by atoms with van der Waals surface area (Å²) in [7, 11) is 1.80. The summed E-state index contributed by atoms with van der Waals surface area (Å²) in [5.74, 6) is 0.615. The lowest BCUT2D eigenvalue weighted by atomic mass is 10.1. The fourth-order valence-electron chi connectivity index (χ4n) is 3.14. The van der Waals surface area contributed by atoms with Gasteiger partial charge in [-0.15, -0.1) is 10.2 Å². The highest BCUT2D eigenvalue weighted by atomic mass is 16.1. The molecule has 6 nitrogen and oxygen atoms in total. The van der Waals surface area contributed by atoms with E-state index in [1.165, 1.54) is 11.3 Å². The average molecular weight is 390 g/mol. The van der Waals surface area contributed by atoms with Gasteiger partial charge in [-0.3, -0.25) is 4.79 Å². The lowest BCUT2D eigenvalue weighted by molar-refractivity contribution is 0.0954. The number of hydrogen-bond donors (Lipinski definition) is 2. The van der Waals surface area contributed by atoms with E-state index in [0.717, 1.165) is 24.3 Å². The van der Waals surface area contributed by atoms with E-state index in [4.69, 9.17) is 0 Å². The van der Waals surface area contributed by atoms with Crippen molar-refractivity contribution < 1.29 is 4.79 Å². The first-order chi connectivity index (χ1) is 14.1. The standard InChI is InChI=1S/C23H27N5O/c1-4-28(20-10-5-7-17(2)15-20)14-13-25-23(29)19-9-6-8-18(16-19)21-11-12-22(24-3)27-26-21/h5-12,15-16H,4,13-14H2,1-3H3,(H,24,27)(H,25,29). The highest BCUT2D eigenvalue weighted by Gasteiger charge is 2.10. The second-order valence-electron chi connectivity index (χ2n) is 6.81. The van der Waals surface area contributed by atoms with Crippen LogP contribution in [0.3, 0.4) is 0 Å². The van der Waals surface area contributed by atoms with E-state index in [9.17, 15) is 4.79 Å². The predicted octanol–water partition coefficient (Wildman–Crippen LogP) is 3.75. The number of carbonyl (C=O) groups excluding carboxylic acids is 1. The molecule has 2 aromatic carbocycles. The number of nitrogens with one attached hydrogen (secondary N) is 2. The maximum Gasteiger partial charge on any atom is 0.251 e. The summed E-state index contributed by atoms with van der Waals surface area (Å²) in [4.78, 5) is 14.9. The highest BCUT2D eigenvalue weighted by Crippen LogP contribution is 2.19. The van der Waals surface area contributed by atoms with Gasteiger partial charge in [-0.25, -0.2) is 0 Å². The smallest absolute Gasteiger partial charge is 0.251 e. The predicted molar refractivity (Wildman–Crippen MR) is 118 cm³/mol. The Kier molecular flexibility index (Phi) is 6.79. The molecule has 0 saturated heterocycles. The van der Waals surface area contributed by atoms with Gasteiger partial charge in [0.1, 0.15) is 5.82 Å². The van der Waals surface area contributed by atoms with Gasteiger partial charge < -0.3 is 15.5 Å². The van der Waals surface area contributed by atoms with E-state index in [2.05, 4.69) is 63.8 Å². The van der Waals surface area contributed by atoms with Crippen molar-refractivity contribution in [2.24, 2.45) is 0 Å². The number of anilines is 2. The minimum Gasteiger partial charge on any atom is -0.372 e. The second kappa shape index (κ2) is 9.68. The molecule has 29 heavy (non-hydrogen) atoms. The third kappa shape index (κ3) is 5.31. The van der Waals surface area contributed by atoms with Gasteiger partial charge in [0.2, 0.25) is 0 Å². The van der Waals surface area contributed by atoms with Gasteiger partial charge in [-0.2, -0.15) is 0 Å². The monoisotopic (exact) mass is 389 g/mol. The molecule has 1 heterocycles. The van der Waals surface area contributed by atoms with Crippen LogP contribution in [-0.4, -0.2) is 42.8 Å². The van der Waals surface area contributed by atoms with Crippen LogP contribution in [0.4, 0.5) is 11.5 Å². The van der Waals surface area contributed by atoms with E-state index in [-0.39, 0.29) is 5.91 Å². The summed E-state index contributed by atoms with van der Waals surface area (Å²) in [6, 6.07) is 19.6. The van der Waals surface area contributed by atoms with Crippen LogP contribution in [0.15, 0.2) is 60.7 Å². The van der Waals surface area contributed by atoms with Crippen molar-refractivity contribution in [1.29, 1.82) is 0 Å². The summed E-state index contributed by atoms with van der Waals surface area (Å²) in [6.45, 7) is 6.41. The van der Waals surface area contributed by atoms with Gasteiger partial charge >= 0.3 is 0 Å². The molecule has 0 radical (unpaired) electrons. The summed E-state index contributed by atoms with van der Waals surface area (Å²) in [5, 5.41) is 14.3. The molecule has 0 aliphatic heterocycles. The first-order valence-electron chi connectivity index (χ1n) is 9.82. The maximum atomic E-state index is 12.6. The maximum absolute atomic E-state index is 12.6. The molecule has 0 saturated carbocycles. The van der Waals surface area contributed by atoms with Gasteiger partial charge in [0.15, 0.2) is 0 Å². The Balaban J connectivity index is 1.61. The summed E-state index contributed by atoms with van der Waals surface area (Å²) in [6.07, 6.45) is 0. The topological polar surface area (TPSA) is 70.2 Å². The largest absolute Gasteiger partial charge is 0.372 e. The number of aromatic nitrogens is 2. The first-order valence-corrected chi connectivity index (χ1v) is 9.82. The molecule has 6 heteroatoms. The lowest BCUT2D eigenvalue weighted by Gasteiger charge is -2.23. The molecule has 0 aliphatic rings. The number of likely N-dealkylation sites (N-methyl/N-ethyl adjacent to an activating group) is 1. The van der Waals surface area contributed by atoms with Gasteiger partial charge in [-0.05, 0) is 55.8 Å². The number of nitrogens with zero attached hydrogens (tertiary/aromatic N) is 3. The van der Waals surface area contributed by atoms with E-state index < -0.39 is 0 Å². The van der Waals surface area contributed by atoms with Crippen molar-refractivity contribution in [3.05, 3.63) is 71.8 Å². The van der Waals surface area contributed by atoms with Gasteiger partial charge in [0.25, 0.3) is 5.91 Å². The molecule has 3 aromatic rings. The Hall–Kier alpha value is -3.41. The number of aryl methyl sites for hydroxylation is 1. The Morgan fingerprint density at radius 1 is 1.03 bits per heavy atom. The van der Waals surface area contributed by atoms with Crippen molar-refractivity contribution in [1.82, 2.24) is 15.5 Å². The van der Waals surface area contributed by atoms with Gasteiger partial charge in [-0.1, -0.05) is 24.3 Å². The zero-order chi connectivity index (χ0) is 20.6. The van der Waals surface area contributed by atoms with Crippen LogP contribution in [0.1, 0.15) is 22.8 Å². The lowest BCUT2D eigenvalue weighted by Crippen LogP contribution is -2.35. The normalized spacial score (nSPS) is 10.4. The fourth-order valence-corrected chi connectivity index (χ4v) is 3.14. The van der Waals surface area contributed by atoms with E-state index >= 15 is 0 Å². The molecule has 1 aromatic heterocycles. The molecule has 3 rings (SSSR count). The van der Waals surface area contributed by atoms with Crippen LogP contribution in [-0.2, 0) is 0 Å². The van der Waals surface area contributed by atoms with Crippen LogP contribution in [0.2, 0.25) is 0 Å². The minimum absolute atomic E-state index is 0.0908. The first kappa shape index (κ1) is 20.3. The number of rotatable bonds is 8. The van der Waals surface area contributed by atoms with E-state index in [1.807, 2.05) is 36.4 Å². The zero-order valence-electron chi connectivity index (χ0n) is 17.1. The van der Waals surface area contributed by atoms with Crippen molar-refractivity contribution >= 4 is 17.4 Å². The van der Waals surface area contributed by atoms with Crippen LogP contribution < -0.4 is 15.5 Å². The Morgan fingerprint density at radius 2 is 1.86 bits per heavy atom. The second-order valence-corrected chi connectivity index (χ2v) is 6.81. The Morgan fingerprint density at radius 3 is 2.55 bits per heavy atom. The van der Waals surface area contributed by atoms with Crippen molar-refractivity contribution in [2.45, 2.75) is 13.8 Å². The SMILES string of the molecule is CCN(CCNC(=O)c1cccc(-c2ccc(NC)nn2)c1)c1cccc(C)c1. The fraction of sp³-hybridized carbons (Fsp3) is 0.261. The third-order valence-corrected chi connectivity index (χ3v) is 4.76. The quantitative estimate of drug-likeness (QED) is 0.614. The van der Waals surface area contributed by atoms with E-state index in [0.29, 0.717) is 17.9 Å². The van der Waals surface area contributed by atoms with Crippen LogP contribution >= 0.6 is 0 Å². The van der Waals surface area contributed by atoms with Crippen LogP contribution in [0.25, 0.3) is 11.3 Å². The van der Waals surface area contributed by atoms with Crippen molar-refractivity contribution in [3.8, 4) is 11.3 Å². The summed E-state index contributed by atoms with van der Waals surface area (Å²) in [5.41, 5.74) is 4.61. The molecule has 150 valence electrons. The number of amides is 1. The van der Waals surface area contributed by atoms with E-state index in [1.54, 1.807) is 7.05 Å². The van der Waals surface area contributed by atoms with Gasteiger partial charge in [0, 0.05) is 43.5 Å². The molecule has 2 N–H and O–H groups in total. The molecule has 0 spiro atoms. The molecule has 0 aliphatic carbocycles. The summed E-state index contributed by atoms with van der Waals surface area (Å²) >= 11 is 0. The van der Waals surface area contributed by atoms with Crippen molar-refractivity contribution in [3.63, 3.8) is 0 Å². The van der Waals surface area contributed by atoms with Crippen molar-refractivity contribution in [2.75, 3.05) is 36.9 Å². The van der Waals surface area contributed by atoms with Crippen LogP contribution in [0, 0.1) is 6.92 Å². The Bertz CT molecular complexity index is 955. The number of carbonyl (C=O) groups is 1. The summed E-state index contributed by atoms with van der Waals surface area (Å²) < 4.78 is 0. The number of benzene rings is 2. The molecule has 1 amide bonds. The molecule has 0 bridgehead atoms. The molecule has 0 unspecified atom stereocenters. The number of hydrogen-bond acceptors (Lipinski definition) is 5. The van der Waals surface area contributed by atoms with Crippen LogP contribution in [0.5, 0.6) is 0 Å². The average Bonchev–Trinajstić information content (AvgIpc) is 2.76. The molecular weight excluding hydrogens is 362 g/mol. The highest BCUT2D eigenvalue weighted by molar-refractivity contribution is 5.95. The Labute approximate surface area is 172 Å². The minimum atomic E-state index is -0.0908. The molecule has 0 fully saturated rings. The molecular formula is C23H27N5O. The van der Waals surface area contributed by atoms with Gasteiger partial charge in [0.05, 0.1) is 5.69 Å². The zero-order valence-corrected chi connectivity index (χ0v) is 17.1. The molecule has 0 atom stereocenters. The third-order valence-electron chi connectivity index (χ3n) is 4.76.